The zero-order chi connectivity index (χ0) is 13.3. The van der Waals surface area contributed by atoms with E-state index in [0.717, 1.165) is 19.0 Å². The van der Waals surface area contributed by atoms with Crippen molar-refractivity contribution in [2.24, 2.45) is 0 Å². The average molecular weight is 264 g/mol. The molecule has 0 aliphatic heterocycles. The van der Waals surface area contributed by atoms with Crippen LogP contribution in [0, 0.1) is 0 Å². The van der Waals surface area contributed by atoms with E-state index in [1.807, 2.05) is 25.1 Å². The van der Waals surface area contributed by atoms with Gasteiger partial charge in [-0.05, 0) is 25.8 Å². The van der Waals surface area contributed by atoms with Crippen molar-refractivity contribution < 1.29 is 9.47 Å². The Labute approximate surface area is 115 Å². The predicted octanol–water partition coefficient (Wildman–Crippen LogP) is 3.24. The number of ether oxygens (including phenoxy) is 2. The molecule has 1 heterocycles. The van der Waals surface area contributed by atoms with E-state index in [1.54, 1.807) is 0 Å². The SMILES string of the molecule is CCOc1cccc(NCCOC2CCCCC2)n1. The van der Waals surface area contributed by atoms with Crippen LogP contribution < -0.4 is 10.1 Å². The Balaban J connectivity index is 1.65. The third kappa shape index (κ3) is 5.07. The van der Waals surface area contributed by atoms with E-state index >= 15 is 0 Å². The molecule has 1 aliphatic rings. The molecular formula is C15H24N2O2. The number of hydrogen-bond acceptors (Lipinski definition) is 4. The first-order valence-electron chi connectivity index (χ1n) is 7.34. The van der Waals surface area contributed by atoms with Crippen molar-refractivity contribution in [3.63, 3.8) is 0 Å². The van der Waals surface area contributed by atoms with Crippen LogP contribution in [0.5, 0.6) is 5.88 Å². The second-order valence-corrected chi connectivity index (χ2v) is 4.85. The molecule has 0 amide bonds. The summed E-state index contributed by atoms with van der Waals surface area (Å²) in [5, 5.41) is 3.27. The third-order valence-corrected chi connectivity index (χ3v) is 3.33. The van der Waals surface area contributed by atoms with Crippen molar-refractivity contribution in [3.8, 4) is 5.88 Å². The van der Waals surface area contributed by atoms with E-state index in [4.69, 9.17) is 9.47 Å². The van der Waals surface area contributed by atoms with Crippen molar-refractivity contribution in [2.45, 2.75) is 45.1 Å². The predicted molar refractivity (Wildman–Crippen MR) is 76.7 cm³/mol. The highest BCUT2D eigenvalue weighted by Crippen LogP contribution is 2.20. The standard InChI is InChI=1S/C15H24N2O2/c1-2-18-15-10-6-9-14(17-15)16-11-12-19-13-7-4-3-5-8-13/h6,9-10,13H,2-5,7-8,11-12H2,1H3,(H,16,17). The quantitative estimate of drug-likeness (QED) is 0.768. The molecule has 106 valence electrons. The molecule has 0 aromatic carbocycles. The van der Waals surface area contributed by atoms with Crippen molar-refractivity contribution >= 4 is 5.82 Å². The van der Waals surface area contributed by atoms with Crippen LogP contribution in [0.3, 0.4) is 0 Å². The van der Waals surface area contributed by atoms with Crippen LogP contribution in [0.1, 0.15) is 39.0 Å². The maximum absolute atomic E-state index is 5.86. The monoisotopic (exact) mass is 264 g/mol. The highest BCUT2D eigenvalue weighted by molar-refractivity contribution is 5.36. The lowest BCUT2D eigenvalue weighted by Gasteiger charge is -2.22. The van der Waals surface area contributed by atoms with Gasteiger partial charge in [-0.3, -0.25) is 0 Å². The summed E-state index contributed by atoms with van der Waals surface area (Å²) in [6, 6.07) is 5.76. The third-order valence-electron chi connectivity index (χ3n) is 3.33. The van der Waals surface area contributed by atoms with E-state index in [-0.39, 0.29) is 0 Å². The second-order valence-electron chi connectivity index (χ2n) is 4.85. The fourth-order valence-corrected chi connectivity index (χ4v) is 2.38. The van der Waals surface area contributed by atoms with Crippen LogP contribution in [-0.4, -0.2) is 30.8 Å². The number of aromatic nitrogens is 1. The molecule has 1 N–H and O–H groups in total. The minimum atomic E-state index is 0.471. The Bertz CT molecular complexity index is 365. The molecule has 1 fully saturated rings. The Morgan fingerprint density at radius 1 is 1.26 bits per heavy atom. The zero-order valence-corrected chi connectivity index (χ0v) is 11.7. The fraction of sp³-hybridized carbons (Fsp3) is 0.667. The minimum absolute atomic E-state index is 0.471. The van der Waals surface area contributed by atoms with E-state index in [2.05, 4.69) is 10.3 Å². The van der Waals surface area contributed by atoms with Gasteiger partial charge in [-0.25, -0.2) is 0 Å². The van der Waals surface area contributed by atoms with Gasteiger partial charge in [-0.2, -0.15) is 4.98 Å². The first kappa shape index (κ1) is 14.1. The summed E-state index contributed by atoms with van der Waals surface area (Å²) in [5.41, 5.74) is 0. The Morgan fingerprint density at radius 2 is 2.11 bits per heavy atom. The van der Waals surface area contributed by atoms with Gasteiger partial charge >= 0.3 is 0 Å². The minimum Gasteiger partial charge on any atom is -0.478 e. The van der Waals surface area contributed by atoms with E-state index in [1.165, 1.54) is 32.1 Å². The molecule has 1 aromatic heterocycles. The Hall–Kier alpha value is -1.29. The lowest BCUT2D eigenvalue weighted by atomic mass is 9.98. The summed E-state index contributed by atoms with van der Waals surface area (Å²) in [5.74, 6) is 1.51. The number of nitrogens with zero attached hydrogens (tertiary/aromatic N) is 1. The van der Waals surface area contributed by atoms with Gasteiger partial charge in [0.15, 0.2) is 0 Å². The largest absolute Gasteiger partial charge is 0.478 e. The highest BCUT2D eigenvalue weighted by Gasteiger charge is 2.12. The molecule has 0 bridgehead atoms. The van der Waals surface area contributed by atoms with Crippen molar-refractivity contribution in [3.05, 3.63) is 18.2 Å². The van der Waals surface area contributed by atoms with Crippen LogP contribution >= 0.6 is 0 Å². The highest BCUT2D eigenvalue weighted by atomic mass is 16.5. The van der Waals surface area contributed by atoms with Gasteiger partial charge in [0.2, 0.25) is 5.88 Å². The first-order valence-corrected chi connectivity index (χ1v) is 7.34. The van der Waals surface area contributed by atoms with Crippen LogP contribution in [0.25, 0.3) is 0 Å². The first-order chi connectivity index (χ1) is 9.38. The van der Waals surface area contributed by atoms with Crippen LogP contribution in [0.15, 0.2) is 18.2 Å². The summed E-state index contributed by atoms with van der Waals surface area (Å²) >= 11 is 0. The number of pyridine rings is 1. The molecule has 1 aliphatic carbocycles. The van der Waals surface area contributed by atoms with Gasteiger partial charge in [0, 0.05) is 12.6 Å². The van der Waals surface area contributed by atoms with Crippen LogP contribution in [-0.2, 0) is 4.74 Å². The zero-order valence-electron chi connectivity index (χ0n) is 11.7. The van der Waals surface area contributed by atoms with E-state index < -0.39 is 0 Å². The summed E-state index contributed by atoms with van der Waals surface area (Å²) in [6.07, 6.45) is 6.91. The molecule has 1 saturated carbocycles. The smallest absolute Gasteiger partial charge is 0.215 e. The number of rotatable bonds is 7. The Kier molecular flexibility index (Phi) is 5.95. The lowest BCUT2D eigenvalue weighted by Crippen LogP contribution is -2.20. The molecule has 4 heteroatoms. The molecule has 0 spiro atoms. The topological polar surface area (TPSA) is 43.4 Å². The molecule has 0 atom stereocenters. The maximum atomic E-state index is 5.86. The maximum Gasteiger partial charge on any atom is 0.215 e. The molecule has 19 heavy (non-hydrogen) atoms. The number of nitrogens with one attached hydrogen (secondary N) is 1. The van der Waals surface area contributed by atoms with E-state index in [9.17, 15) is 0 Å². The fourth-order valence-electron chi connectivity index (χ4n) is 2.38. The molecule has 4 nitrogen and oxygen atoms in total. The van der Waals surface area contributed by atoms with Crippen molar-refractivity contribution in [2.75, 3.05) is 25.1 Å². The van der Waals surface area contributed by atoms with Gasteiger partial charge in [0.05, 0.1) is 19.3 Å². The van der Waals surface area contributed by atoms with E-state index in [0.29, 0.717) is 18.6 Å². The van der Waals surface area contributed by atoms with Gasteiger partial charge in [-0.15, -0.1) is 0 Å². The molecule has 0 unspecified atom stereocenters. The number of hydrogen-bond donors (Lipinski definition) is 1. The number of anilines is 1. The average Bonchev–Trinajstić information content (AvgIpc) is 2.46. The second kappa shape index (κ2) is 8.00. The summed E-state index contributed by atoms with van der Waals surface area (Å²) in [4.78, 5) is 4.36. The summed E-state index contributed by atoms with van der Waals surface area (Å²) < 4.78 is 11.2. The lowest BCUT2D eigenvalue weighted by molar-refractivity contribution is 0.0347. The van der Waals surface area contributed by atoms with Gasteiger partial charge in [-0.1, -0.05) is 25.3 Å². The normalized spacial score (nSPS) is 16.3. The molecule has 1 aromatic rings. The van der Waals surface area contributed by atoms with Crippen molar-refractivity contribution in [1.29, 1.82) is 0 Å². The summed E-state index contributed by atoms with van der Waals surface area (Å²) in [7, 11) is 0. The van der Waals surface area contributed by atoms with Crippen LogP contribution in [0.2, 0.25) is 0 Å². The Morgan fingerprint density at radius 3 is 2.89 bits per heavy atom. The van der Waals surface area contributed by atoms with Crippen molar-refractivity contribution in [1.82, 2.24) is 4.98 Å². The molecular weight excluding hydrogens is 240 g/mol. The molecule has 0 radical (unpaired) electrons. The van der Waals surface area contributed by atoms with Gasteiger partial charge in [0.1, 0.15) is 5.82 Å². The molecule has 0 saturated heterocycles. The molecule has 2 rings (SSSR count). The van der Waals surface area contributed by atoms with Gasteiger partial charge in [0.25, 0.3) is 0 Å². The summed E-state index contributed by atoms with van der Waals surface area (Å²) in [6.45, 7) is 4.13. The van der Waals surface area contributed by atoms with Gasteiger partial charge < -0.3 is 14.8 Å². The van der Waals surface area contributed by atoms with Crippen LogP contribution in [0.4, 0.5) is 5.82 Å².